The van der Waals surface area contributed by atoms with Gasteiger partial charge in [-0.2, -0.15) is 0 Å². The van der Waals surface area contributed by atoms with Crippen LogP contribution in [0.2, 0.25) is 5.02 Å². The Morgan fingerprint density at radius 1 is 1.35 bits per heavy atom. The second kappa shape index (κ2) is 6.01. The number of benzene rings is 1. The van der Waals surface area contributed by atoms with Crippen LogP contribution in [0.15, 0.2) is 40.2 Å². The zero-order chi connectivity index (χ0) is 12.3. The largest absolute Gasteiger partial charge is 0.396 e. The SMILES string of the molecule is OCC(Cc1cc(Br)cs1)c1ccccc1Cl. The van der Waals surface area contributed by atoms with Crippen LogP contribution < -0.4 is 0 Å². The fraction of sp³-hybridized carbons (Fsp3) is 0.231. The highest BCUT2D eigenvalue weighted by Gasteiger charge is 2.15. The summed E-state index contributed by atoms with van der Waals surface area (Å²) in [5.41, 5.74) is 1.01. The summed E-state index contributed by atoms with van der Waals surface area (Å²) in [4.78, 5) is 1.25. The van der Waals surface area contributed by atoms with Crippen LogP contribution in [0.5, 0.6) is 0 Å². The number of halogens is 2. The molecule has 1 nitrogen and oxygen atoms in total. The van der Waals surface area contributed by atoms with E-state index in [4.69, 9.17) is 11.6 Å². The molecule has 1 N–H and O–H groups in total. The highest BCUT2D eigenvalue weighted by molar-refractivity contribution is 9.10. The normalized spacial score (nSPS) is 12.6. The lowest BCUT2D eigenvalue weighted by molar-refractivity contribution is 0.265. The highest BCUT2D eigenvalue weighted by atomic mass is 79.9. The molecule has 0 spiro atoms. The maximum absolute atomic E-state index is 9.51. The van der Waals surface area contributed by atoms with Crippen LogP contribution in [0.3, 0.4) is 0 Å². The molecule has 0 aliphatic rings. The number of hydrogen-bond acceptors (Lipinski definition) is 2. The van der Waals surface area contributed by atoms with E-state index in [9.17, 15) is 5.11 Å². The Morgan fingerprint density at radius 3 is 2.71 bits per heavy atom. The van der Waals surface area contributed by atoms with Crippen molar-refractivity contribution >= 4 is 38.9 Å². The summed E-state index contributed by atoms with van der Waals surface area (Å²) < 4.78 is 1.09. The second-order valence-electron chi connectivity index (χ2n) is 3.84. The van der Waals surface area contributed by atoms with Crippen molar-refractivity contribution < 1.29 is 5.11 Å². The van der Waals surface area contributed by atoms with E-state index in [0.717, 1.165) is 21.5 Å². The molecule has 17 heavy (non-hydrogen) atoms. The van der Waals surface area contributed by atoms with Crippen LogP contribution in [0.1, 0.15) is 16.4 Å². The molecule has 0 amide bonds. The van der Waals surface area contributed by atoms with Crippen LogP contribution in [-0.4, -0.2) is 11.7 Å². The maximum Gasteiger partial charge on any atom is 0.0503 e. The van der Waals surface area contributed by atoms with Gasteiger partial charge in [0.25, 0.3) is 0 Å². The molecule has 0 aliphatic carbocycles. The van der Waals surface area contributed by atoms with E-state index in [1.165, 1.54) is 4.88 Å². The van der Waals surface area contributed by atoms with Crippen molar-refractivity contribution in [3.8, 4) is 0 Å². The lowest BCUT2D eigenvalue weighted by Crippen LogP contribution is -2.07. The molecule has 1 aromatic heterocycles. The van der Waals surface area contributed by atoms with Crippen molar-refractivity contribution in [1.29, 1.82) is 0 Å². The van der Waals surface area contributed by atoms with Crippen molar-refractivity contribution in [2.24, 2.45) is 0 Å². The van der Waals surface area contributed by atoms with E-state index in [-0.39, 0.29) is 12.5 Å². The minimum atomic E-state index is 0.0641. The molecule has 1 unspecified atom stereocenters. The third kappa shape index (κ3) is 3.32. The first-order valence-corrected chi connectivity index (χ1v) is 7.34. The Morgan fingerprint density at radius 2 is 2.12 bits per heavy atom. The summed E-state index contributed by atoms with van der Waals surface area (Å²) in [5, 5.41) is 12.3. The van der Waals surface area contributed by atoms with Gasteiger partial charge in [0.2, 0.25) is 0 Å². The van der Waals surface area contributed by atoms with Crippen LogP contribution in [0, 0.1) is 0 Å². The average Bonchev–Trinajstić information content (AvgIpc) is 2.73. The first-order valence-electron chi connectivity index (χ1n) is 5.29. The summed E-state index contributed by atoms with van der Waals surface area (Å²) in [5.74, 6) is 0.0641. The molecule has 1 heterocycles. The van der Waals surface area contributed by atoms with Crippen molar-refractivity contribution in [2.45, 2.75) is 12.3 Å². The molecular weight excluding hydrogens is 320 g/mol. The molecule has 4 heteroatoms. The van der Waals surface area contributed by atoms with Gasteiger partial charge in [-0.3, -0.25) is 0 Å². The van der Waals surface area contributed by atoms with Gasteiger partial charge in [0, 0.05) is 25.7 Å². The Labute approximate surface area is 118 Å². The summed E-state index contributed by atoms with van der Waals surface area (Å²) in [6, 6.07) is 9.79. The molecule has 90 valence electrons. The van der Waals surface area contributed by atoms with Gasteiger partial charge in [0.05, 0.1) is 6.61 Å². The topological polar surface area (TPSA) is 20.2 Å². The standard InChI is InChI=1S/C13H12BrClOS/c14-10-6-11(17-8-10)5-9(7-16)12-3-1-2-4-13(12)15/h1-4,6,8-9,16H,5,7H2. The fourth-order valence-corrected chi connectivity index (χ4v) is 3.61. The quantitative estimate of drug-likeness (QED) is 0.875. The first kappa shape index (κ1) is 13.1. The monoisotopic (exact) mass is 330 g/mol. The molecule has 2 aromatic rings. The average molecular weight is 332 g/mol. The molecule has 0 saturated heterocycles. The summed E-state index contributed by atoms with van der Waals surface area (Å²) in [6.07, 6.45) is 0.816. The molecule has 0 bridgehead atoms. The predicted molar refractivity (Wildman–Crippen MR) is 77.0 cm³/mol. The van der Waals surface area contributed by atoms with E-state index >= 15 is 0 Å². The van der Waals surface area contributed by atoms with Gasteiger partial charge in [0.1, 0.15) is 0 Å². The number of hydrogen-bond donors (Lipinski definition) is 1. The van der Waals surface area contributed by atoms with Crippen molar-refractivity contribution in [2.75, 3.05) is 6.61 Å². The molecular formula is C13H12BrClOS. The van der Waals surface area contributed by atoms with Crippen molar-refractivity contribution in [3.63, 3.8) is 0 Å². The maximum atomic E-state index is 9.51. The second-order valence-corrected chi connectivity index (χ2v) is 6.16. The molecule has 0 fully saturated rings. The van der Waals surface area contributed by atoms with Crippen LogP contribution in [0.4, 0.5) is 0 Å². The van der Waals surface area contributed by atoms with E-state index in [0.29, 0.717) is 0 Å². The van der Waals surface area contributed by atoms with Gasteiger partial charge in [-0.15, -0.1) is 11.3 Å². The Bertz CT molecular complexity index is 498. The highest BCUT2D eigenvalue weighted by Crippen LogP contribution is 2.30. The van der Waals surface area contributed by atoms with E-state index in [1.807, 2.05) is 24.3 Å². The molecule has 1 atom stereocenters. The van der Waals surface area contributed by atoms with Gasteiger partial charge < -0.3 is 5.11 Å². The van der Waals surface area contributed by atoms with Crippen molar-refractivity contribution in [1.82, 2.24) is 0 Å². The Balaban J connectivity index is 2.20. The summed E-state index contributed by atoms with van der Waals surface area (Å²) >= 11 is 11.3. The van der Waals surface area contributed by atoms with Crippen LogP contribution in [-0.2, 0) is 6.42 Å². The molecule has 0 radical (unpaired) electrons. The minimum absolute atomic E-state index is 0.0641. The van der Waals surface area contributed by atoms with Gasteiger partial charge in [-0.1, -0.05) is 29.8 Å². The lowest BCUT2D eigenvalue weighted by atomic mass is 9.96. The van der Waals surface area contributed by atoms with Crippen LogP contribution >= 0.6 is 38.9 Å². The Hall–Kier alpha value is -0.350. The number of thiophene rings is 1. The molecule has 0 aliphatic heterocycles. The van der Waals surface area contributed by atoms with Gasteiger partial charge in [0.15, 0.2) is 0 Å². The molecule has 1 aromatic carbocycles. The van der Waals surface area contributed by atoms with Gasteiger partial charge in [-0.05, 0) is 40.0 Å². The third-order valence-corrected chi connectivity index (χ3v) is 4.70. The third-order valence-electron chi connectivity index (χ3n) is 2.63. The van der Waals surface area contributed by atoms with E-state index in [1.54, 1.807) is 11.3 Å². The number of rotatable bonds is 4. The van der Waals surface area contributed by atoms with Crippen LogP contribution in [0.25, 0.3) is 0 Å². The van der Waals surface area contributed by atoms with Crippen molar-refractivity contribution in [3.05, 3.63) is 55.6 Å². The van der Waals surface area contributed by atoms with Gasteiger partial charge in [-0.25, -0.2) is 0 Å². The fourth-order valence-electron chi connectivity index (χ4n) is 1.78. The lowest BCUT2D eigenvalue weighted by Gasteiger charge is -2.15. The summed E-state index contributed by atoms with van der Waals surface area (Å²) in [7, 11) is 0. The molecule has 0 saturated carbocycles. The summed E-state index contributed by atoms with van der Waals surface area (Å²) in [6.45, 7) is 0.110. The zero-order valence-electron chi connectivity index (χ0n) is 9.07. The van der Waals surface area contributed by atoms with E-state index < -0.39 is 0 Å². The predicted octanol–water partition coefficient (Wildman–Crippen LogP) is 4.48. The molecule has 2 rings (SSSR count). The zero-order valence-corrected chi connectivity index (χ0v) is 12.2. The minimum Gasteiger partial charge on any atom is -0.396 e. The van der Waals surface area contributed by atoms with Gasteiger partial charge >= 0.3 is 0 Å². The number of aliphatic hydroxyl groups is 1. The Kier molecular flexibility index (Phi) is 4.62. The van der Waals surface area contributed by atoms with E-state index in [2.05, 4.69) is 27.4 Å². The smallest absolute Gasteiger partial charge is 0.0503 e. The number of aliphatic hydroxyl groups excluding tert-OH is 1. The first-order chi connectivity index (χ1) is 8.20.